The zero-order valence-electron chi connectivity index (χ0n) is 11.1. The van der Waals surface area contributed by atoms with Gasteiger partial charge in [-0.15, -0.1) is 10.2 Å². The van der Waals surface area contributed by atoms with Gasteiger partial charge in [-0.25, -0.2) is 0 Å². The normalized spacial score (nSPS) is 18.6. The average Bonchev–Trinajstić information content (AvgIpc) is 3.16. The van der Waals surface area contributed by atoms with Gasteiger partial charge in [-0.2, -0.15) is 9.61 Å². The van der Waals surface area contributed by atoms with Gasteiger partial charge >= 0.3 is 0 Å². The van der Waals surface area contributed by atoms with Crippen molar-refractivity contribution in [3.63, 3.8) is 0 Å². The molecule has 1 aliphatic heterocycles. The number of phenols is 1. The lowest BCUT2D eigenvalue weighted by Crippen LogP contribution is -2.04. The van der Waals surface area contributed by atoms with Crippen molar-refractivity contribution >= 4 is 22.0 Å². The van der Waals surface area contributed by atoms with Crippen molar-refractivity contribution in [3.05, 3.63) is 24.0 Å². The van der Waals surface area contributed by atoms with E-state index >= 15 is 0 Å². The minimum absolute atomic E-state index is 0.0746. The van der Waals surface area contributed by atoms with Crippen molar-refractivity contribution < 1.29 is 9.84 Å². The summed E-state index contributed by atoms with van der Waals surface area (Å²) in [6.07, 6.45) is 0.944. The van der Waals surface area contributed by atoms with Crippen LogP contribution in [0.3, 0.4) is 0 Å². The number of anilines is 1. The molecule has 2 aromatic heterocycles. The topological polar surface area (TPSA) is 98.6 Å². The first-order valence-electron chi connectivity index (χ1n) is 6.61. The molecule has 1 aliphatic rings. The molecule has 0 saturated carbocycles. The Morgan fingerprint density at radius 3 is 3.05 bits per heavy atom. The SMILES string of the molecule is Nc1cc(-c2nn3c(C4CCOC4)nnc3s2)ccc1O. The summed E-state index contributed by atoms with van der Waals surface area (Å²) in [5, 5.41) is 23.3. The number of benzene rings is 1. The number of aromatic hydroxyl groups is 1. The second-order valence-corrected chi connectivity index (χ2v) is 5.95. The predicted octanol–water partition coefficient (Wildman–Crippen LogP) is 1.64. The van der Waals surface area contributed by atoms with Crippen LogP contribution in [0.2, 0.25) is 0 Å². The third-order valence-electron chi connectivity index (χ3n) is 3.58. The fraction of sp³-hybridized carbons (Fsp3) is 0.308. The number of nitrogen functional groups attached to an aromatic ring is 1. The summed E-state index contributed by atoms with van der Waals surface area (Å²) < 4.78 is 7.18. The molecule has 4 rings (SSSR count). The van der Waals surface area contributed by atoms with Gasteiger partial charge in [0.05, 0.1) is 12.3 Å². The highest BCUT2D eigenvalue weighted by Gasteiger charge is 2.25. The molecule has 8 heteroatoms. The number of phenolic OH excluding ortho intramolecular Hbond substituents is 1. The number of fused-ring (bicyclic) bond motifs is 1. The summed E-state index contributed by atoms with van der Waals surface area (Å²) >= 11 is 1.44. The van der Waals surface area contributed by atoms with E-state index in [1.807, 2.05) is 0 Å². The molecule has 1 fully saturated rings. The van der Waals surface area contributed by atoms with Gasteiger partial charge in [-0.3, -0.25) is 0 Å². The van der Waals surface area contributed by atoms with Crippen LogP contribution in [-0.4, -0.2) is 38.1 Å². The van der Waals surface area contributed by atoms with E-state index in [9.17, 15) is 5.11 Å². The summed E-state index contributed by atoms with van der Waals surface area (Å²) in [6, 6.07) is 5.06. The molecular weight excluding hydrogens is 290 g/mol. The van der Waals surface area contributed by atoms with Crippen LogP contribution in [0.15, 0.2) is 18.2 Å². The first-order valence-corrected chi connectivity index (χ1v) is 7.43. The monoisotopic (exact) mass is 303 g/mol. The lowest BCUT2D eigenvalue weighted by Gasteiger charge is -2.02. The smallest absolute Gasteiger partial charge is 0.234 e. The maximum Gasteiger partial charge on any atom is 0.234 e. The van der Waals surface area contributed by atoms with Crippen LogP contribution in [-0.2, 0) is 4.74 Å². The molecule has 7 nitrogen and oxygen atoms in total. The van der Waals surface area contributed by atoms with Crippen LogP contribution in [0.4, 0.5) is 5.69 Å². The van der Waals surface area contributed by atoms with Crippen molar-refractivity contribution in [2.75, 3.05) is 18.9 Å². The first kappa shape index (κ1) is 12.5. The maximum absolute atomic E-state index is 9.49. The van der Waals surface area contributed by atoms with E-state index in [1.54, 1.807) is 22.7 Å². The summed E-state index contributed by atoms with van der Waals surface area (Å²) in [7, 11) is 0. The van der Waals surface area contributed by atoms with Gasteiger partial charge in [0.15, 0.2) is 5.82 Å². The van der Waals surface area contributed by atoms with Gasteiger partial charge in [0.2, 0.25) is 4.96 Å². The molecule has 3 aromatic rings. The van der Waals surface area contributed by atoms with E-state index in [4.69, 9.17) is 10.5 Å². The van der Waals surface area contributed by atoms with Gasteiger partial charge in [-0.05, 0) is 24.6 Å². The fourth-order valence-electron chi connectivity index (χ4n) is 2.43. The number of aromatic nitrogens is 4. The fourth-order valence-corrected chi connectivity index (χ4v) is 3.27. The van der Waals surface area contributed by atoms with E-state index in [0.717, 1.165) is 34.4 Å². The summed E-state index contributed by atoms with van der Waals surface area (Å²) in [6.45, 7) is 1.42. The van der Waals surface area contributed by atoms with Crippen LogP contribution in [0.5, 0.6) is 5.75 Å². The lowest BCUT2D eigenvalue weighted by atomic mass is 10.1. The Bertz CT molecular complexity index is 806. The second kappa shape index (κ2) is 4.68. The van der Waals surface area contributed by atoms with Crippen molar-refractivity contribution in [2.45, 2.75) is 12.3 Å². The molecule has 21 heavy (non-hydrogen) atoms. The molecule has 0 spiro atoms. The molecule has 3 N–H and O–H groups in total. The summed E-state index contributed by atoms with van der Waals surface area (Å²) in [5.41, 5.74) is 6.92. The Labute approximate surface area is 124 Å². The van der Waals surface area contributed by atoms with Crippen LogP contribution in [0, 0.1) is 0 Å². The quantitative estimate of drug-likeness (QED) is 0.551. The summed E-state index contributed by atoms with van der Waals surface area (Å²) in [5.74, 6) is 1.17. The minimum Gasteiger partial charge on any atom is -0.506 e. The molecule has 0 radical (unpaired) electrons. The lowest BCUT2D eigenvalue weighted by molar-refractivity contribution is 0.193. The number of nitrogens with zero attached hydrogens (tertiary/aromatic N) is 4. The summed E-state index contributed by atoms with van der Waals surface area (Å²) in [4.78, 5) is 0.749. The number of rotatable bonds is 2. The van der Waals surface area contributed by atoms with Gasteiger partial charge in [-0.1, -0.05) is 11.3 Å². The van der Waals surface area contributed by atoms with Gasteiger partial charge in [0.1, 0.15) is 10.8 Å². The first-order chi connectivity index (χ1) is 10.2. The van der Waals surface area contributed by atoms with E-state index in [1.165, 1.54) is 11.3 Å². The average molecular weight is 303 g/mol. The van der Waals surface area contributed by atoms with Crippen LogP contribution < -0.4 is 5.73 Å². The molecule has 0 bridgehead atoms. The Balaban J connectivity index is 1.78. The zero-order chi connectivity index (χ0) is 14.4. The molecule has 1 atom stereocenters. The van der Waals surface area contributed by atoms with E-state index in [-0.39, 0.29) is 11.7 Å². The highest BCUT2D eigenvalue weighted by atomic mass is 32.1. The van der Waals surface area contributed by atoms with Crippen molar-refractivity contribution in [1.82, 2.24) is 19.8 Å². The Hall–Kier alpha value is -2.19. The predicted molar refractivity (Wildman–Crippen MR) is 78.3 cm³/mol. The number of hydrogen-bond donors (Lipinski definition) is 2. The Morgan fingerprint density at radius 1 is 1.38 bits per heavy atom. The van der Waals surface area contributed by atoms with E-state index < -0.39 is 0 Å². The highest BCUT2D eigenvalue weighted by Crippen LogP contribution is 2.32. The van der Waals surface area contributed by atoms with Crippen molar-refractivity contribution in [2.24, 2.45) is 0 Å². The largest absolute Gasteiger partial charge is 0.506 e. The standard InChI is InChI=1S/C13H13N5O2S/c14-9-5-7(1-2-10(9)19)12-17-18-11(8-3-4-20-6-8)15-16-13(18)21-12/h1-2,5,8,19H,3-4,6,14H2. The molecule has 1 unspecified atom stereocenters. The Kier molecular flexibility index (Phi) is 2.79. The number of hydrogen-bond acceptors (Lipinski definition) is 7. The number of nitrogens with two attached hydrogens (primary N) is 1. The minimum atomic E-state index is 0.0746. The maximum atomic E-state index is 9.49. The number of ether oxygens (including phenoxy) is 1. The van der Waals surface area contributed by atoms with Crippen molar-refractivity contribution in [3.8, 4) is 16.3 Å². The van der Waals surface area contributed by atoms with E-state index in [2.05, 4.69) is 15.3 Å². The van der Waals surface area contributed by atoms with Crippen LogP contribution in [0.25, 0.3) is 15.5 Å². The van der Waals surface area contributed by atoms with Gasteiger partial charge in [0.25, 0.3) is 0 Å². The molecule has 0 aliphatic carbocycles. The van der Waals surface area contributed by atoms with Crippen molar-refractivity contribution in [1.29, 1.82) is 0 Å². The molecule has 108 valence electrons. The van der Waals surface area contributed by atoms with Gasteiger partial charge in [0, 0.05) is 18.1 Å². The molecule has 0 amide bonds. The van der Waals surface area contributed by atoms with Crippen LogP contribution >= 0.6 is 11.3 Å². The zero-order valence-corrected chi connectivity index (χ0v) is 11.9. The van der Waals surface area contributed by atoms with E-state index in [0.29, 0.717) is 12.3 Å². The Morgan fingerprint density at radius 2 is 2.29 bits per heavy atom. The van der Waals surface area contributed by atoms with Crippen LogP contribution in [0.1, 0.15) is 18.2 Å². The molecular formula is C13H13N5O2S. The third-order valence-corrected chi connectivity index (χ3v) is 4.53. The highest BCUT2D eigenvalue weighted by molar-refractivity contribution is 7.19. The van der Waals surface area contributed by atoms with Gasteiger partial charge < -0.3 is 15.6 Å². The second-order valence-electron chi connectivity index (χ2n) is 4.99. The molecule has 3 heterocycles. The third kappa shape index (κ3) is 2.03. The molecule has 1 aromatic carbocycles. The molecule has 1 saturated heterocycles.